The molecule has 2 heterocycles. The number of likely N-dealkylation sites (N-methyl/N-ethyl adjacent to an activating group) is 2. The molecule has 1 unspecified atom stereocenters. The Morgan fingerprint density at radius 1 is 1.23 bits per heavy atom. The molecule has 0 aliphatic carbocycles. The van der Waals surface area contributed by atoms with E-state index < -0.39 is 0 Å². The van der Waals surface area contributed by atoms with Gasteiger partial charge in [-0.3, -0.25) is 9.89 Å². The van der Waals surface area contributed by atoms with Crippen molar-refractivity contribution >= 4 is 40.9 Å². The van der Waals surface area contributed by atoms with E-state index in [1.165, 1.54) is 10.9 Å². The van der Waals surface area contributed by atoms with Gasteiger partial charge in [-0.05, 0) is 27.1 Å². The number of aliphatic imine (C=N–C) groups is 1. The van der Waals surface area contributed by atoms with Gasteiger partial charge < -0.3 is 20.0 Å². The zero-order chi connectivity index (χ0) is 17.8. The van der Waals surface area contributed by atoms with Crippen molar-refractivity contribution in [2.75, 3.05) is 47.3 Å². The van der Waals surface area contributed by atoms with Crippen LogP contribution < -0.4 is 10.6 Å². The number of furan rings is 1. The summed E-state index contributed by atoms with van der Waals surface area (Å²) < 4.78 is 5.96. The predicted octanol–water partition coefficient (Wildman–Crippen LogP) is 2.27. The lowest BCUT2D eigenvalue weighted by atomic mass is 10.1. The van der Waals surface area contributed by atoms with E-state index >= 15 is 0 Å². The second-order valence-electron chi connectivity index (χ2n) is 6.85. The van der Waals surface area contributed by atoms with Crippen molar-refractivity contribution in [2.45, 2.75) is 19.5 Å². The molecule has 1 atom stereocenters. The molecule has 1 aliphatic heterocycles. The Morgan fingerprint density at radius 3 is 2.73 bits per heavy atom. The zero-order valence-electron chi connectivity index (χ0n) is 16.1. The average Bonchev–Trinajstić information content (AvgIpc) is 2.94. The second kappa shape index (κ2) is 9.57. The minimum Gasteiger partial charge on any atom is -0.459 e. The van der Waals surface area contributed by atoms with E-state index in [0.29, 0.717) is 12.6 Å². The molecule has 1 aliphatic rings. The summed E-state index contributed by atoms with van der Waals surface area (Å²) in [5.74, 6) is 1.76. The monoisotopic (exact) mass is 471 g/mol. The van der Waals surface area contributed by atoms with Crippen LogP contribution in [-0.2, 0) is 6.54 Å². The van der Waals surface area contributed by atoms with Crippen LogP contribution in [0, 0.1) is 6.92 Å². The lowest BCUT2D eigenvalue weighted by Crippen LogP contribution is -2.55. The van der Waals surface area contributed by atoms with Gasteiger partial charge in [0.05, 0.1) is 6.54 Å². The standard InChI is InChI=1S/C19H29N5O.HI/c1-14-16-7-5-6-8-17(16)25-18(14)12-22-19(20-2)21-11-15-13-23(3)9-10-24(15)4;/h5-8,15H,9-13H2,1-4H3,(H2,20,21,22);1H. The van der Waals surface area contributed by atoms with Crippen LogP contribution in [0.25, 0.3) is 11.0 Å². The molecule has 1 aromatic carbocycles. The van der Waals surface area contributed by atoms with Crippen LogP contribution in [0.4, 0.5) is 0 Å². The van der Waals surface area contributed by atoms with E-state index in [9.17, 15) is 0 Å². The lowest BCUT2D eigenvalue weighted by molar-refractivity contribution is 0.116. The molecule has 1 saturated heterocycles. The maximum absolute atomic E-state index is 5.96. The van der Waals surface area contributed by atoms with E-state index in [1.807, 2.05) is 18.2 Å². The molecule has 0 radical (unpaired) electrons. The van der Waals surface area contributed by atoms with Crippen LogP contribution in [0.3, 0.4) is 0 Å². The van der Waals surface area contributed by atoms with Crippen molar-refractivity contribution < 1.29 is 4.42 Å². The summed E-state index contributed by atoms with van der Waals surface area (Å²) in [6.45, 7) is 6.91. The van der Waals surface area contributed by atoms with Crippen molar-refractivity contribution in [1.29, 1.82) is 0 Å². The number of hydrogen-bond donors (Lipinski definition) is 2. The first-order chi connectivity index (χ1) is 12.1. The highest BCUT2D eigenvalue weighted by atomic mass is 127. The molecule has 2 aromatic rings. The fraction of sp³-hybridized carbons (Fsp3) is 0.526. The van der Waals surface area contributed by atoms with Crippen molar-refractivity contribution in [2.24, 2.45) is 4.99 Å². The number of guanidine groups is 1. The third-order valence-electron chi connectivity index (χ3n) is 5.07. The molecule has 0 spiro atoms. The molecule has 6 nitrogen and oxygen atoms in total. The van der Waals surface area contributed by atoms with E-state index in [4.69, 9.17) is 4.42 Å². The second-order valence-corrected chi connectivity index (χ2v) is 6.85. The molecule has 1 fully saturated rings. The van der Waals surface area contributed by atoms with E-state index in [1.54, 1.807) is 7.05 Å². The summed E-state index contributed by atoms with van der Waals surface area (Å²) in [5, 5.41) is 7.98. The Kier molecular flexibility index (Phi) is 7.72. The summed E-state index contributed by atoms with van der Waals surface area (Å²) in [6, 6.07) is 8.64. The number of nitrogens with one attached hydrogen (secondary N) is 2. The third-order valence-corrected chi connectivity index (χ3v) is 5.07. The van der Waals surface area contributed by atoms with Crippen molar-refractivity contribution in [1.82, 2.24) is 20.4 Å². The summed E-state index contributed by atoms with van der Waals surface area (Å²) in [7, 11) is 6.17. The lowest BCUT2D eigenvalue weighted by Gasteiger charge is -2.37. The number of rotatable bonds is 4. The van der Waals surface area contributed by atoms with Crippen LogP contribution in [0.15, 0.2) is 33.7 Å². The van der Waals surface area contributed by atoms with Crippen molar-refractivity contribution in [3.63, 3.8) is 0 Å². The SMILES string of the molecule is CN=C(NCc1oc2ccccc2c1C)NCC1CN(C)CCN1C.I. The van der Waals surface area contributed by atoms with Crippen molar-refractivity contribution in [3.8, 4) is 0 Å². The van der Waals surface area contributed by atoms with Gasteiger partial charge in [0, 0.05) is 50.2 Å². The van der Waals surface area contributed by atoms with Gasteiger partial charge in [-0.2, -0.15) is 0 Å². The Balaban J connectivity index is 0.00000243. The molecule has 3 rings (SSSR count). The van der Waals surface area contributed by atoms with E-state index in [-0.39, 0.29) is 24.0 Å². The minimum atomic E-state index is 0. The predicted molar refractivity (Wildman–Crippen MR) is 118 cm³/mol. The number of halogens is 1. The Morgan fingerprint density at radius 2 is 2.00 bits per heavy atom. The molecule has 0 saturated carbocycles. The van der Waals surface area contributed by atoms with Gasteiger partial charge in [0.15, 0.2) is 5.96 Å². The first-order valence-electron chi connectivity index (χ1n) is 8.88. The number of para-hydroxylation sites is 1. The molecule has 7 heteroatoms. The highest BCUT2D eigenvalue weighted by molar-refractivity contribution is 14.0. The van der Waals surface area contributed by atoms with Crippen LogP contribution in [0.1, 0.15) is 11.3 Å². The quantitative estimate of drug-likeness (QED) is 0.407. The molecule has 0 bridgehead atoms. The minimum absolute atomic E-state index is 0. The molecule has 0 amide bonds. The summed E-state index contributed by atoms with van der Waals surface area (Å²) in [5.41, 5.74) is 2.12. The first kappa shape index (κ1) is 21.0. The number of fused-ring (bicyclic) bond motifs is 1. The number of piperazine rings is 1. The number of benzene rings is 1. The number of aryl methyl sites for hydroxylation is 1. The number of nitrogens with zero attached hydrogens (tertiary/aromatic N) is 3. The topological polar surface area (TPSA) is 56.0 Å². The van der Waals surface area contributed by atoms with Gasteiger partial charge in [0.1, 0.15) is 11.3 Å². The van der Waals surface area contributed by atoms with E-state index in [0.717, 1.165) is 43.5 Å². The zero-order valence-corrected chi connectivity index (χ0v) is 18.4. The molecule has 144 valence electrons. The van der Waals surface area contributed by atoms with Crippen LogP contribution >= 0.6 is 24.0 Å². The Bertz CT molecular complexity index is 745. The highest BCUT2D eigenvalue weighted by Gasteiger charge is 2.22. The van der Waals surface area contributed by atoms with Crippen molar-refractivity contribution in [3.05, 3.63) is 35.6 Å². The highest BCUT2D eigenvalue weighted by Crippen LogP contribution is 2.24. The van der Waals surface area contributed by atoms with Crippen LogP contribution in [0.5, 0.6) is 0 Å². The van der Waals surface area contributed by atoms with Crippen LogP contribution in [0.2, 0.25) is 0 Å². The molecule has 26 heavy (non-hydrogen) atoms. The Hall–Kier alpha value is -1.32. The first-order valence-corrected chi connectivity index (χ1v) is 8.88. The molecular formula is C19H30IN5O. The van der Waals surface area contributed by atoms with Gasteiger partial charge in [-0.25, -0.2) is 0 Å². The maximum Gasteiger partial charge on any atom is 0.191 e. The molecule has 1 aromatic heterocycles. The molecule has 2 N–H and O–H groups in total. The largest absolute Gasteiger partial charge is 0.459 e. The van der Waals surface area contributed by atoms with Gasteiger partial charge >= 0.3 is 0 Å². The average molecular weight is 471 g/mol. The molecular weight excluding hydrogens is 441 g/mol. The maximum atomic E-state index is 5.96. The normalized spacial score (nSPS) is 19.4. The van der Waals surface area contributed by atoms with Gasteiger partial charge in [-0.15, -0.1) is 24.0 Å². The fourth-order valence-corrected chi connectivity index (χ4v) is 3.31. The number of hydrogen-bond acceptors (Lipinski definition) is 4. The third kappa shape index (κ3) is 4.89. The van der Waals surface area contributed by atoms with Crippen LogP contribution in [-0.4, -0.2) is 69.1 Å². The van der Waals surface area contributed by atoms with Gasteiger partial charge in [0.25, 0.3) is 0 Å². The summed E-state index contributed by atoms with van der Waals surface area (Å²) >= 11 is 0. The van der Waals surface area contributed by atoms with E-state index in [2.05, 4.69) is 52.5 Å². The summed E-state index contributed by atoms with van der Waals surface area (Å²) in [6.07, 6.45) is 0. The fourth-order valence-electron chi connectivity index (χ4n) is 3.31. The summed E-state index contributed by atoms with van der Waals surface area (Å²) in [4.78, 5) is 9.12. The Labute approximate surface area is 173 Å². The smallest absolute Gasteiger partial charge is 0.191 e. The van der Waals surface area contributed by atoms with Gasteiger partial charge in [0.2, 0.25) is 0 Å². The van der Waals surface area contributed by atoms with Gasteiger partial charge in [-0.1, -0.05) is 18.2 Å².